The summed E-state index contributed by atoms with van der Waals surface area (Å²) >= 11 is 4.50. The maximum Gasteiger partial charge on any atom is 0.0585 e. The summed E-state index contributed by atoms with van der Waals surface area (Å²) in [4.78, 5) is 5.96. The molecule has 0 aliphatic carbocycles. The van der Waals surface area contributed by atoms with Crippen LogP contribution in [-0.2, 0) is 6.42 Å². The summed E-state index contributed by atoms with van der Waals surface area (Å²) in [5, 5.41) is 2.37. The number of isothiocyanates is 1. The molecule has 0 heterocycles. The molecule has 0 unspecified atom stereocenters. The zero-order valence-electron chi connectivity index (χ0n) is 8.53. The van der Waals surface area contributed by atoms with Crippen LogP contribution in [0.3, 0.4) is 0 Å². The van der Waals surface area contributed by atoms with Gasteiger partial charge in [0.1, 0.15) is 0 Å². The van der Waals surface area contributed by atoms with Crippen molar-refractivity contribution in [3.05, 3.63) is 29.8 Å². The Bertz CT molecular complexity index is 324. The number of rotatable bonds is 4. The lowest BCUT2D eigenvalue weighted by atomic mass is 10.1. The van der Waals surface area contributed by atoms with Crippen molar-refractivity contribution in [3.8, 4) is 0 Å². The molecule has 0 saturated carbocycles. The first-order valence-corrected chi connectivity index (χ1v) is 4.95. The Hall–Kier alpha value is -1.18. The van der Waals surface area contributed by atoms with Gasteiger partial charge in [0.05, 0.1) is 11.7 Å². The van der Waals surface area contributed by atoms with Crippen molar-refractivity contribution in [2.24, 2.45) is 4.99 Å². The lowest BCUT2D eigenvalue weighted by Gasteiger charge is -2.12. The third-order valence-corrected chi connectivity index (χ3v) is 2.16. The number of hydrogen-bond donors (Lipinski definition) is 0. The van der Waals surface area contributed by atoms with Crippen molar-refractivity contribution < 1.29 is 0 Å². The fourth-order valence-corrected chi connectivity index (χ4v) is 1.28. The second-order valence-electron chi connectivity index (χ2n) is 3.28. The predicted octanol–water partition coefficient (Wildman–Crippen LogP) is 2.40. The Labute approximate surface area is 90.3 Å². The molecule has 0 N–H and O–H groups in total. The van der Waals surface area contributed by atoms with Crippen LogP contribution in [0, 0.1) is 0 Å². The van der Waals surface area contributed by atoms with Crippen molar-refractivity contribution in [1.82, 2.24) is 0 Å². The van der Waals surface area contributed by atoms with Crippen LogP contribution >= 0.6 is 12.2 Å². The van der Waals surface area contributed by atoms with Crippen LogP contribution in [0.4, 0.5) is 5.69 Å². The monoisotopic (exact) mass is 206 g/mol. The molecule has 1 rings (SSSR count). The van der Waals surface area contributed by atoms with Gasteiger partial charge in [-0.25, -0.2) is 4.99 Å². The molecule has 1 aromatic carbocycles. The van der Waals surface area contributed by atoms with Crippen molar-refractivity contribution in [2.75, 3.05) is 25.5 Å². The third kappa shape index (κ3) is 3.29. The van der Waals surface area contributed by atoms with E-state index in [9.17, 15) is 0 Å². The molecule has 74 valence electrons. The van der Waals surface area contributed by atoms with E-state index in [4.69, 9.17) is 0 Å². The molecule has 0 radical (unpaired) electrons. The SMILES string of the molecule is CN(C)c1ccc(CCN=C=S)cc1. The zero-order valence-corrected chi connectivity index (χ0v) is 9.34. The number of hydrogen-bond acceptors (Lipinski definition) is 3. The first-order valence-electron chi connectivity index (χ1n) is 4.54. The highest BCUT2D eigenvalue weighted by Gasteiger charge is 1.95. The van der Waals surface area contributed by atoms with Gasteiger partial charge >= 0.3 is 0 Å². The van der Waals surface area contributed by atoms with Gasteiger partial charge in [0, 0.05) is 19.8 Å². The Morgan fingerprint density at radius 3 is 2.43 bits per heavy atom. The smallest absolute Gasteiger partial charge is 0.0585 e. The minimum atomic E-state index is 0.727. The Balaban J connectivity index is 2.59. The largest absolute Gasteiger partial charge is 0.378 e. The number of aliphatic imine (C=N–C) groups is 1. The van der Waals surface area contributed by atoms with Gasteiger partial charge < -0.3 is 4.90 Å². The molecule has 0 fully saturated rings. The normalized spacial score (nSPS) is 9.29. The Kier molecular flexibility index (Phi) is 4.30. The van der Waals surface area contributed by atoms with Crippen LogP contribution < -0.4 is 4.90 Å². The molecule has 1 aromatic rings. The summed E-state index contributed by atoms with van der Waals surface area (Å²) in [6.07, 6.45) is 0.928. The maximum absolute atomic E-state index is 4.50. The number of thiocarbonyl (C=S) groups is 1. The molecular weight excluding hydrogens is 192 g/mol. The first kappa shape index (κ1) is 10.9. The van der Waals surface area contributed by atoms with Crippen molar-refractivity contribution in [1.29, 1.82) is 0 Å². The Morgan fingerprint density at radius 2 is 1.93 bits per heavy atom. The average molecular weight is 206 g/mol. The van der Waals surface area contributed by atoms with Gasteiger partial charge in [-0.1, -0.05) is 12.1 Å². The van der Waals surface area contributed by atoms with Crippen LogP contribution in [0.25, 0.3) is 0 Å². The molecule has 0 aliphatic rings. The summed E-state index contributed by atoms with van der Waals surface area (Å²) in [5.74, 6) is 0. The molecule has 14 heavy (non-hydrogen) atoms. The van der Waals surface area contributed by atoms with Crippen molar-refractivity contribution in [2.45, 2.75) is 6.42 Å². The van der Waals surface area contributed by atoms with Crippen LogP contribution in [0.15, 0.2) is 29.3 Å². The van der Waals surface area contributed by atoms with E-state index in [1.165, 1.54) is 11.3 Å². The summed E-state index contributed by atoms with van der Waals surface area (Å²) in [6.45, 7) is 0.727. The highest BCUT2D eigenvalue weighted by atomic mass is 32.1. The van der Waals surface area contributed by atoms with E-state index in [1.54, 1.807) is 0 Å². The van der Waals surface area contributed by atoms with Gasteiger partial charge in [0.15, 0.2) is 0 Å². The highest BCUT2D eigenvalue weighted by Crippen LogP contribution is 2.12. The Morgan fingerprint density at radius 1 is 1.29 bits per heavy atom. The van der Waals surface area contributed by atoms with Gasteiger partial charge in [-0.05, 0) is 36.3 Å². The van der Waals surface area contributed by atoms with Crippen LogP contribution in [-0.4, -0.2) is 25.8 Å². The van der Waals surface area contributed by atoms with E-state index in [0.717, 1.165) is 13.0 Å². The fourth-order valence-electron chi connectivity index (χ4n) is 1.19. The van der Waals surface area contributed by atoms with Crippen LogP contribution in [0.1, 0.15) is 5.56 Å². The molecule has 0 bridgehead atoms. The van der Waals surface area contributed by atoms with E-state index in [2.05, 4.69) is 51.5 Å². The summed E-state index contributed by atoms with van der Waals surface area (Å²) in [6, 6.07) is 8.45. The molecular formula is C11H14N2S. The molecule has 0 atom stereocenters. The highest BCUT2D eigenvalue weighted by molar-refractivity contribution is 7.78. The third-order valence-electron chi connectivity index (χ3n) is 2.03. The number of anilines is 1. The molecule has 0 amide bonds. The molecule has 0 aromatic heterocycles. The zero-order chi connectivity index (χ0) is 10.4. The molecule has 0 saturated heterocycles. The summed E-state index contributed by atoms with van der Waals surface area (Å²) in [7, 11) is 4.07. The van der Waals surface area contributed by atoms with E-state index < -0.39 is 0 Å². The standard InChI is InChI=1S/C11H14N2S/c1-13(2)11-5-3-10(4-6-11)7-8-12-9-14/h3-6H,7-8H2,1-2H3. The van der Waals surface area contributed by atoms with E-state index in [1.807, 2.05) is 14.1 Å². The van der Waals surface area contributed by atoms with Gasteiger partial charge in [0.25, 0.3) is 0 Å². The van der Waals surface area contributed by atoms with Crippen LogP contribution in [0.2, 0.25) is 0 Å². The molecule has 0 aliphatic heterocycles. The lowest BCUT2D eigenvalue weighted by Crippen LogP contribution is -2.08. The van der Waals surface area contributed by atoms with E-state index in [-0.39, 0.29) is 0 Å². The van der Waals surface area contributed by atoms with Gasteiger partial charge in [-0.2, -0.15) is 0 Å². The molecule has 3 heteroatoms. The second kappa shape index (κ2) is 5.53. The van der Waals surface area contributed by atoms with Crippen LogP contribution in [0.5, 0.6) is 0 Å². The average Bonchev–Trinajstić information content (AvgIpc) is 2.19. The van der Waals surface area contributed by atoms with E-state index >= 15 is 0 Å². The fraction of sp³-hybridized carbons (Fsp3) is 0.364. The number of nitrogens with zero attached hydrogens (tertiary/aromatic N) is 2. The molecule has 0 spiro atoms. The molecule has 2 nitrogen and oxygen atoms in total. The first-order chi connectivity index (χ1) is 6.74. The summed E-state index contributed by atoms with van der Waals surface area (Å²) < 4.78 is 0. The van der Waals surface area contributed by atoms with Gasteiger partial charge in [-0.3, -0.25) is 0 Å². The maximum atomic E-state index is 4.50. The minimum absolute atomic E-state index is 0.727. The van der Waals surface area contributed by atoms with Crippen molar-refractivity contribution >= 4 is 23.1 Å². The second-order valence-corrected chi connectivity index (χ2v) is 3.47. The quantitative estimate of drug-likeness (QED) is 0.555. The van der Waals surface area contributed by atoms with Gasteiger partial charge in [0.2, 0.25) is 0 Å². The summed E-state index contributed by atoms with van der Waals surface area (Å²) in [5.41, 5.74) is 2.50. The minimum Gasteiger partial charge on any atom is -0.378 e. The van der Waals surface area contributed by atoms with Gasteiger partial charge in [-0.15, -0.1) is 0 Å². The lowest BCUT2D eigenvalue weighted by molar-refractivity contribution is 0.975. The van der Waals surface area contributed by atoms with E-state index in [0.29, 0.717) is 0 Å². The predicted molar refractivity (Wildman–Crippen MR) is 64.4 cm³/mol. The topological polar surface area (TPSA) is 15.6 Å². The number of benzene rings is 1. The van der Waals surface area contributed by atoms with Crippen molar-refractivity contribution in [3.63, 3.8) is 0 Å².